The van der Waals surface area contributed by atoms with E-state index >= 15 is 0 Å². The summed E-state index contributed by atoms with van der Waals surface area (Å²) in [4.78, 5) is 21.7. The number of nitrogens with one attached hydrogen (secondary N) is 1. The second-order valence-corrected chi connectivity index (χ2v) is 4.76. The van der Waals surface area contributed by atoms with E-state index in [1.54, 1.807) is 30.6 Å². The molecule has 0 saturated heterocycles. The van der Waals surface area contributed by atoms with E-state index in [1.165, 1.54) is 6.08 Å². The number of primary amides is 1. The Balaban J connectivity index is 2.06. The van der Waals surface area contributed by atoms with E-state index in [4.69, 9.17) is 12.3 Å². The number of amides is 1. The van der Waals surface area contributed by atoms with Crippen molar-refractivity contribution in [1.29, 1.82) is 0 Å². The first kappa shape index (κ1) is 13.6. The second kappa shape index (κ2) is 5.54. The lowest BCUT2D eigenvalue weighted by molar-refractivity contribution is -0.113. The van der Waals surface area contributed by atoms with Gasteiger partial charge in [0.05, 0.1) is 6.57 Å². The minimum Gasteiger partial charge on any atom is -0.366 e. The summed E-state index contributed by atoms with van der Waals surface area (Å²) < 4.78 is 0. The number of fused-ring (bicyclic) bond motifs is 1. The Kier molecular flexibility index (Phi) is 3.42. The van der Waals surface area contributed by atoms with Gasteiger partial charge in [-0.1, -0.05) is 24.3 Å². The molecule has 2 heterocycles. The molecule has 3 rings (SSSR count). The first-order valence-electron chi connectivity index (χ1n) is 6.60. The standard InChI is InChI=1S/C17H12N4O/c1-19-14-5-2-11(3-6-14)13-8-15-12(4-7-16(18)22)9-20-17(15)21-10-13/h2-10H,(H2,18,22)(H,20,21)/b7-4+. The largest absolute Gasteiger partial charge is 0.366 e. The van der Waals surface area contributed by atoms with Crippen molar-refractivity contribution in [2.75, 3.05) is 0 Å². The highest BCUT2D eigenvalue weighted by molar-refractivity contribution is 5.95. The van der Waals surface area contributed by atoms with Gasteiger partial charge in [0.1, 0.15) is 5.65 Å². The van der Waals surface area contributed by atoms with Crippen LogP contribution >= 0.6 is 0 Å². The van der Waals surface area contributed by atoms with Gasteiger partial charge >= 0.3 is 0 Å². The maximum atomic E-state index is 10.9. The van der Waals surface area contributed by atoms with Gasteiger partial charge in [-0.15, -0.1) is 0 Å². The maximum absolute atomic E-state index is 10.9. The van der Waals surface area contributed by atoms with Crippen LogP contribution in [-0.4, -0.2) is 15.9 Å². The average molecular weight is 288 g/mol. The smallest absolute Gasteiger partial charge is 0.241 e. The van der Waals surface area contributed by atoms with E-state index in [2.05, 4.69) is 14.8 Å². The van der Waals surface area contributed by atoms with Crippen molar-refractivity contribution in [3.8, 4) is 11.1 Å². The molecule has 0 aliphatic heterocycles. The number of carbonyl (C=O) groups excluding carboxylic acids is 1. The van der Waals surface area contributed by atoms with Gasteiger partial charge in [-0.25, -0.2) is 9.83 Å². The molecule has 0 aliphatic carbocycles. The number of pyridine rings is 1. The van der Waals surface area contributed by atoms with Gasteiger partial charge in [0.15, 0.2) is 5.69 Å². The molecule has 0 atom stereocenters. The molecule has 3 N–H and O–H groups in total. The maximum Gasteiger partial charge on any atom is 0.241 e. The molecule has 1 amide bonds. The molecule has 22 heavy (non-hydrogen) atoms. The zero-order valence-electron chi connectivity index (χ0n) is 11.6. The van der Waals surface area contributed by atoms with Crippen LogP contribution in [0, 0.1) is 6.57 Å². The lowest BCUT2D eigenvalue weighted by atomic mass is 10.1. The summed E-state index contributed by atoms with van der Waals surface area (Å²) >= 11 is 0. The monoisotopic (exact) mass is 288 g/mol. The minimum atomic E-state index is -0.492. The Bertz CT molecular complexity index is 914. The zero-order valence-corrected chi connectivity index (χ0v) is 11.6. The highest BCUT2D eigenvalue weighted by atomic mass is 16.1. The molecule has 0 unspecified atom stereocenters. The summed E-state index contributed by atoms with van der Waals surface area (Å²) in [6.45, 7) is 6.98. The molecule has 1 aromatic carbocycles. The zero-order chi connectivity index (χ0) is 15.5. The first-order chi connectivity index (χ1) is 10.7. The number of carbonyl (C=O) groups is 1. The Morgan fingerprint density at radius 1 is 1.27 bits per heavy atom. The van der Waals surface area contributed by atoms with Gasteiger partial charge in [-0.2, -0.15) is 0 Å². The van der Waals surface area contributed by atoms with Crippen molar-refractivity contribution in [2.24, 2.45) is 5.73 Å². The van der Waals surface area contributed by atoms with Crippen molar-refractivity contribution in [3.05, 3.63) is 65.8 Å². The van der Waals surface area contributed by atoms with Crippen LogP contribution in [0.3, 0.4) is 0 Å². The number of aromatic amines is 1. The van der Waals surface area contributed by atoms with Crippen LogP contribution in [0.25, 0.3) is 33.1 Å². The number of benzene rings is 1. The van der Waals surface area contributed by atoms with Crippen LogP contribution in [0.5, 0.6) is 0 Å². The third-order valence-electron chi connectivity index (χ3n) is 3.32. The van der Waals surface area contributed by atoms with Gasteiger partial charge < -0.3 is 10.7 Å². The number of nitrogens with zero attached hydrogens (tertiary/aromatic N) is 2. The lowest BCUT2D eigenvalue weighted by Gasteiger charge is -2.02. The quantitative estimate of drug-likeness (QED) is 0.573. The Hall–Kier alpha value is -3.39. The van der Waals surface area contributed by atoms with E-state index in [0.29, 0.717) is 5.69 Å². The Labute approximate surface area is 126 Å². The highest BCUT2D eigenvalue weighted by Crippen LogP contribution is 2.26. The predicted octanol–water partition coefficient (Wildman–Crippen LogP) is 3.28. The molecule has 5 nitrogen and oxygen atoms in total. The fourth-order valence-electron chi connectivity index (χ4n) is 2.22. The fraction of sp³-hybridized carbons (Fsp3) is 0. The van der Waals surface area contributed by atoms with E-state index in [0.717, 1.165) is 27.7 Å². The minimum absolute atomic E-state index is 0.492. The Morgan fingerprint density at radius 2 is 2.05 bits per heavy atom. The van der Waals surface area contributed by atoms with Crippen LogP contribution in [0.4, 0.5) is 5.69 Å². The van der Waals surface area contributed by atoms with E-state index in [9.17, 15) is 4.79 Å². The van der Waals surface area contributed by atoms with Gasteiger partial charge in [0.2, 0.25) is 5.91 Å². The summed E-state index contributed by atoms with van der Waals surface area (Å²) in [6, 6.07) is 9.32. The molecule has 0 fully saturated rings. The molecule has 5 heteroatoms. The molecule has 3 aromatic rings. The third kappa shape index (κ3) is 2.58. The summed E-state index contributed by atoms with van der Waals surface area (Å²) in [5.74, 6) is -0.492. The van der Waals surface area contributed by atoms with Crippen LogP contribution in [0.15, 0.2) is 48.8 Å². The molecule has 0 bridgehead atoms. The third-order valence-corrected chi connectivity index (χ3v) is 3.32. The normalized spacial score (nSPS) is 10.9. The topological polar surface area (TPSA) is 76.1 Å². The molecule has 0 saturated carbocycles. The fourth-order valence-corrected chi connectivity index (χ4v) is 2.22. The molecular weight excluding hydrogens is 276 g/mol. The van der Waals surface area contributed by atoms with Crippen molar-refractivity contribution < 1.29 is 4.79 Å². The number of nitrogens with two attached hydrogens (primary N) is 1. The summed E-state index contributed by atoms with van der Waals surface area (Å²) in [6.07, 6.45) is 6.53. The number of rotatable bonds is 3. The van der Waals surface area contributed by atoms with Gasteiger partial charge in [0, 0.05) is 35.0 Å². The van der Waals surface area contributed by atoms with E-state index in [-0.39, 0.29) is 0 Å². The van der Waals surface area contributed by atoms with Gasteiger partial charge in [-0.05, 0) is 17.7 Å². The van der Waals surface area contributed by atoms with Crippen molar-refractivity contribution >= 4 is 28.7 Å². The van der Waals surface area contributed by atoms with Gasteiger partial charge in [0.25, 0.3) is 0 Å². The molecule has 0 spiro atoms. The van der Waals surface area contributed by atoms with Crippen molar-refractivity contribution in [2.45, 2.75) is 0 Å². The lowest BCUT2D eigenvalue weighted by Crippen LogP contribution is -2.04. The highest BCUT2D eigenvalue weighted by Gasteiger charge is 2.06. The van der Waals surface area contributed by atoms with Crippen molar-refractivity contribution in [1.82, 2.24) is 9.97 Å². The molecule has 2 aromatic heterocycles. The van der Waals surface area contributed by atoms with Crippen LogP contribution < -0.4 is 5.73 Å². The van der Waals surface area contributed by atoms with Gasteiger partial charge in [-0.3, -0.25) is 4.79 Å². The van der Waals surface area contributed by atoms with E-state index < -0.39 is 5.91 Å². The number of aromatic nitrogens is 2. The molecule has 0 radical (unpaired) electrons. The molecule has 0 aliphatic rings. The predicted molar refractivity (Wildman–Crippen MR) is 86.0 cm³/mol. The number of hydrogen-bond acceptors (Lipinski definition) is 2. The number of H-pyrrole nitrogens is 1. The van der Waals surface area contributed by atoms with Crippen LogP contribution in [0.1, 0.15) is 5.56 Å². The summed E-state index contributed by atoms with van der Waals surface area (Å²) in [5.41, 5.74) is 9.24. The first-order valence-corrected chi connectivity index (χ1v) is 6.60. The number of hydrogen-bond donors (Lipinski definition) is 2. The molecule has 106 valence electrons. The second-order valence-electron chi connectivity index (χ2n) is 4.76. The van der Waals surface area contributed by atoms with Crippen LogP contribution in [0.2, 0.25) is 0 Å². The molecular formula is C17H12N4O. The van der Waals surface area contributed by atoms with Crippen molar-refractivity contribution in [3.63, 3.8) is 0 Å². The SMILES string of the molecule is [C-]#[N+]c1ccc(-c2cnc3[nH]cc(/C=C/C(N)=O)c3c2)cc1. The average Bonchev–Trinajstić information content (AvgIpc) is 2.95. The van der Waals surface area contributed by atoms with E-state index in [1.807, 2.05) is 18.2 Å². The summed E-state index contributed by atoms with van der Waals surface area (Å²) in [5, 5.41) is 0.907. The Morgan fingerprint density at radius 3 is 2.73 bits per heavy atom. The summed E-state index contributed by atoms with van der Waals surface area (Å²) in [7, 11) is 0. The van der Waals surface area contributed by atoms with Crippen LogP contribution in [-0.2, 0) is 4.79 Å².